The molecule has 1 amide bonds. The van der Waals surface area contributed by atoms with Crippen LogP contribution in [0, 0.1) is 0 Å². The SMILES string of the molecule is CC1=CC=CC2=COC(=O)N(C3CCN(S(=O)(=O)c4ccc(Br)cc4OC(F)(F)F)CC3)C12. The lowest BCUT2D eigenvalue weighted by Crippen LogP contribution is -2.54. The average molecular weight is 549 g/mol. The normalized spacial score (nSPS) is 22.4. The van der Waals surface area contributed by atoms with Gasteiger partial charge in [-0.15, -0.1) is 13.2 Å². The smallest absolute Gasteiger partial charge is 0.418 e. The molecule has 178 valence electrons. The number of ether oxygens (including phenoxy) is 2. The summed E-state index contributed by atoms with van der Waals surface area (Å²) in [7, 11) is -4.26. The second-order valence-electron chi connectivity index (χ2n) is 7.86. The van der Waals surface area contributed by atoms with E-state index in [1.54, 1.807) is 4.90 Å². The molecular formula is C21H20BrF3N2O5S. The Morgan fingerprint density at radius 3 is 2.58 bits per heavy atom. The molecule has 33 heavy (non-hydrogen) atoms. The van der Waals surface area contributed by atoms with Gasteiger partial charge in [0, 0.05) is 29.2 Å². The largest absolute Gasteiger partial charge is 0.573 e. The molecule has 2 aliphatic heterocycles. The highest BCUT2D eigenvalue weighted by molar-refractivity contribution is 9.10. The molecule has 12 heteroatoms. The number of hydrogen-bond donors (Lipinski definition) is 0. The third-order valence-electron chi connectivity index (χ3n) is 5.75. The van der Waals surface area contributed by atoms with Gasteiger partial charge >= 0.3 is 12.5 Å². The van der Waals surface area contributed by atoms with Crippen LogP contribution >= 0.6 is 15.9 Å². The van der Waals surface area contributed by atoms with Crippen molar-refractivity contribution < 1.29 is 35.9 Å². The van der Waals surface area contributed by atoms with E-state index in [0.29, 0.717) is 12.8 Å². The minimum atomic E-state index is -5.04. The van der Waals surface area contributed by atoms with Crippen LogP contribution in [0.25, 0.3) is 0 Å². The van der Waals surface area contributed by atoms with Crippen molar-refractivity contribution in [2.75, 3.05) is 13.1 Å². The van der Waals surface area contributed by atoms with E-state index in [1.807, 2.05) is 25.2 Å². The number of benzene rings is 1. The highest BCUT2D eigenvalue weighted by Crippen LogP contribution is 2.37. The summed E-state index contributed by atoms with van der Waals surface area (Å²) < 4.78 is 75.4. The Bertz CT molecular complexity index is 1150. The minimum Gasteiger partial charge on any atom is -0.418 e. The summed E-state index contributed by atoms with van der Waals surface area (Å²) in [5.74, 6) is -0.803. The van der Waals surface area contributed by atoms with Crippen LogP contribution in [0.5, 0.6) is 5.75 Å². The van der Waals surface area contributed by atoms with Gasteiger partial charge in [-0.25, -0.2) is 13.2 Å². The molecule has 2 heterocycles. The molecule has 7 nitrogen and oxygen atoms in total. The summed E-state index contributed by atoms with van der Waals surface area (Å²) in [6, 6.07) is 2.81. The molecule has 3 aliphatic rings. The minimum absolute atomic E-state index is 0.0304. The van der Waals surface area contributed by atoms with E-state index in [9.17, 15) is 26.4 Å². The first-order valence-corrected chi connectivity index (χ1v) is 12.3. The lowest BCUT2D eigenvalue weighted by atomic mass is 9.91. The Hall–Kier alpha value is -2.31. The van der Waals surface area contributed by atoms with E-state index in [2.05, 4.69) is 20.7 Å². The monoisotopic (exact) mass is 548 g/mol. The number of amides is 1. The molecule has 0 spiro atoms. The Kier molecular flexibility index (Phi) is 6.36. The number of alkyl halides is 3. The lowest BCUT2D eigenvalue weighted by Gasteiger charge is -2.44. The van der Waals surface area contributed by atoms with Crippen molar-refractivity contribution in [3.63, 3.8) is 0 Å². The van der Waals surface area contributed by atoms with Crippen LogP contribution in [0.15, 0.2) is 63.2 Å². The van der Waals surface area contributed by atoms with Crippen LogP contribution < -0.4 is 4.74 Å². The Morgan fingerprint density at radius 2 is 1.91 bits per heavy atom. The molecule has 0 aromatic heterocycles. The zero-order valence-corrected chi connectivity index (χ0v) is 19.8. The maximum absolute atomic E-state index is 13.2. The highest BCUT2D eigenvalue weighted by atomic mass is 79.9. The summed E-state index contributed by atoms with van der Waals surface area (Å²) in [5, 5.41) is 0. The van der Waals surface area contributed by atoms with E-state index >= 15 is 0 Å². The predicted molar refractivity (Wildman–Crippen MR) is 116 cm³/mol. The summed E-state index contributed by atoms with van der Waals surface area (Å²) in [5.41, 5.74) is 1.78. The van der Waals surface area contributed by atoms with E-state index in [-0.39, 0.29) is 29.6 Å². The number of rotatable bonds is 4. The number of hydrogen-bond acceptors (Lipinski definition) is 5. The number of allylic oxidation sites excluding steroid dienone is 2. The first-order valence-electron chi connectivity index (χ1n) is 10.1. The molecule has 4 rings (SSSR count). The molecular weight excluding hydrogens is 529 g/mol. The van der Waals surface area contributed by atoms with Crippen LogP contribution in [0.2, 0.25) is 0 Å². The molecule has 1 aliphatic carbocycles. The lowest BCUT2D eigenvalue weighted by molar-refractivity contribution is -0.275. The van der Waals surface area contributed by atoms with Crippen molar-refractivity contribution in [2.24, 2.45) is 0 Å². The molecule has 1 saturated heterocycles. The molecule has 1 unspecified atom stereocenters. The van der Waals surface area contributed by atoms with E-state index in [0.717, 1.165) is 27.6 Å². The molecule has 0 saturated carbocycles. The number of carbonyl (C=O) groups is 1. The quantitative estimate of drug-likeness (QED) is 0.544. The van der Waals surface area contributed by atoms with Gasteiger partial charge in [0.2, 0.25) is 10.0 Å². The van der Waals surface area contributed by atoms with Gasteiger partial charge in [0.25, 0.3) is 0 Å². The maximum Gasteiger partial charge on any atom is 0.573 e. The average Bonchev–Trinajstić information content (AvgIpc) is 2.73. The van der Waals surface area contributed by atoms with Crippen LogP contribution in [0.1, 0.15) is 19.8 Å². The van der Waals surface area contributed by atoms with E-state index < -0.39 is 33.1 Å². The third-order valence-corrected chi connectivity index (χ3v) is 8.18. The van der Waals surface area contributed by atoms with Gasteiger partial charge in [-0.1, -0.05) is 34.2 Å². The Labute approximate surface area is 197 Å². The predicted octanol–water partition coefficient (Wildman–Crippen LogP) is 4.72. The number of carbonyl (C=O) groups excluding carboxylic acids is 1. The Morgan fingerprint density at radius 1 is 1.21 bits per heavy atom. The molecule has 0 N–H and O–H groups in total. The van der Waals surface area contributed by atoms with Gasteiger partial charge < -0.3 is 9.47 Å². The topological polar surface area (TPSA) is 76.2 Å². The second-order valence-corrected chi connectivity index (χ2v) is 10.7. The number of halogens is 4. The number of cyclic esters (lactones) is 1. The first-order chi connectivity index (χ1) is 15.5. The number of sulfonamides is 1. The molecule has 0 bridgehead atoms. The van der Waals surface area contributed by atoms with Gasteiger partial charge in [0.05, 0.1) is 6.04 Å². The van der Waals surface area contributed by atoms with Crippen LogP contribution in [0.4, 0.5) is 18.0 Å². The second kappa shape index (κ2) is 8.80. The number of fused-ring (bicyclic) bond motifs is 1. The van der Waals surface area contributed by atoms with Crippen LogP contribution in [-0.2, 0) is 14.8 Å². The summed E-state index contributed by atoms with van der Waals surface area (Å²) in [6.45, 7) is 1.97. The van der Waals surface area contributed by atoms with Crippen molar-refractivity contribution >= 4 is 32.0 Å². The standard InChI is InChI=1S/C21H20BrF3N2O5S/c1-13-3-2-4-14-12-31-20(28)27(19(13)14)16-7-9-26(10-8-16)33(29,30)18-6-5-15(22)11-17(18)32-21(23,24)25/h2-6,11-12,16,19H,7-10H2,1H3. The van der Waals surface area contributed by atoms with Crippen molar-refractivity contribution in [1.29, 1.82) is 0 Å². The van der Waals surface area contributed by atoms with E-state index in [4.69, 9.17) is 4.74 Å². The highest BCUT2D eigenvalue weighted by Gasteiger charge is 2.42. The zero-order valence-electron chi connectivity index (χ0n) is 17.4. The van der Waals surface area contributed by atoms with Gasteiger partial charge in [0.15, 0.2) is 5.75 Å². The van der Waals surface area contributed by atoms with Gasteiger partial charge in [-0.2, -0.15) is 4.31 Å². The fourth-order valence-corrected chi connectivity index (χ4v) is 6.19. The maximum atomic E-state index is 13.2. The molecule has 1 fully saturated rings. The fourth-order valence-electron chi connectivity index (χ4n) is 4.28. The van der Waals surface area contributed by atoms with Crippen LogP contribution in [-0.4, -0.2) is 55.3 Å². The van der Waals surface area contributed by atoms with Crippen molar-refractivity contribution in [3.8, 4) is 5.75 Å². The molecule has 1 aromatic carbocycles. The van der Waals surface area contributed by atoms with E-state index in [1.165, 1.54) is 12.3 Å². The van der Waals surface area contributed by atoms with Gasteiger partial charge in [0.1, 0.15) is 11.2 Å². The fraction of sp³-hybridized carbons (Fsp3) is 0.381. The summed E-state index contributed by atoms with van der Waals surface area (Å²) in [4.78, 5) is 13.6. The van der Waals surface area contributed by atoms with Crippen LogP contribution in [0.3, 0.4) is 0 Å². The number of nitrogens with zero attached hydrogens (tertiary/aromatic N) is 2. The molecule has 1 aromatic rings. The Balaban J connectivity index is 1.54. The number of piperidine rings is 1. The van der Waals surface area contributed by atoms with Gasteiger partial charge in [-0.05, 0) is 43.5 Å². The molecule has 1 atom stereocenters. The van der Waals surface area contributed by atoms with Gasteiger partial charge in [-0.3, -0.25) is 4.90 Å². The molecule has 0 radical (unpaired) electrons. The first kappa shape index (κ1) is 23.8. The van der Waals surface area contributed by atoms with Crippen molar-refractivity contribution in [1.82, 2.24) is 9.21 Å². The van der Waals surface area contributed by atoms with Crippen molar-refractivity contribution in [2.45, 2.75) is 43.1 Å². The van der Waals surface area contributed by atoms with Crippen molar-refractivity contribution in [3.05, 3.63) is 58.3 Å². The zero-order chi connectivity index (χ0) is 24.0. The summed E-state index contributed by atoms with van der Waals surface area (Å²) >= 11 is 3.04. The summed E-state index contributed by atoms with van der Waals surface area (Å²) in [6.07, 6.45) is 2.10. The third kappa shape index (κ3) is 4.82.